The van der Waals surface area contributed by atoms with Crippen LogP contribution in [-0.2, 0) is 22.8 Å². The van der Waals surface area contributed by atoms with Gasteiger partial charge in [0.1, 0.15) is 0 Å². The molecular weight excluding hydrogens is 266 g/mol. The van der Waals surface area contributed by atoms with Crippen LogP contribution in [0.25, 0.3) is 10.9 Å². The molecule has 0 saturated carbocycles. The SMILES string of the molecule is CC(=O)N(C)Cc1cn(CN(C)C(C)=O)c2ccccc12. The van der Waals surface area contributed by atoms with Crippen LogP contribution in [0.5, 0.6) is 0 Å². The topological polar surface area (TPSA) is 45.6 Å². The van der Waals surface area contributed by atoms with Gasteiger partial charge in [0.05, 0.1) is 6.67 Å². The first-order valence-electron chi connectivity index (χ1n) is 6.90. The largest absolute Gasteiger partial charge is 0.342 e. The third-order valence-electron chi connectivity index (χ3n) is 3.72. The van der Waals surface area contributed by atoms with Crippen LogP contribution in [0, 0.1) is 0 Å². The zero-order valence-corrected chi connectivity index (χ0v) is 13.0. The molecule has 1 aromatic heterocycles. The van der Waals surface area contributed by atoms with Gasteiger partial charge in [-0.3, -0.25) is 9.59 Å². The summed E-state index contributed by atoms with van der Waals surface area (Å²) >= 11 is 0. The van der Waals surface area contributed by atoms with Gasteiger partial charge in [-0.25, -0.2) is 0 Å². The van der Waals surface area contributed by atoms with Crippen LogP contribution >= 0.6 is 0 Å². The van der Waals surface area contributed by atoms with E-state index in [2.05, 4.69) is 0 Å². The van der Waals surface area contributed by atoms with Crippen molar-refractivity contribution in [1.29, 1.82) is 0 Å². The van der Waals surface area contributed by atoms with Crippen LogP contribution in [0.4, 0.5) is 0 Å². The van der Waals surface area contributed by atoms with Crippen molar-refractivity contribution in [3.8, 4) is 0 Å². The lowest BCUT2D eigenvalue weighted by Crippen LogP contribution is -2.26. The molecule has 0 aliphatic rings. The van der Waals surface area contributed by atoms with Crippen LogP contribution in [0.2, 0.25) is 0 Å². The van der Waals surface area contributed by atoms with Crippen molar-refractivity contribution in [3.05, 3.63) is 36.0 Å². The molecule has 0 radical (unpaired) electrons. The van der Waals surface area contributed by atoms with Gasteiger partial charge < -0.3 is 14.4 Å². The maximum Gasteiger partial charge on any atom is 0.220 e. The minimum Gasteiger partial charge on any atom is -0.342 e. The molecule has 2 aromatic rings. The Bertz CT molecular complexity index is 619. The first kappa shape index (κ1) is 15.1. The van der Waals surface area contributed by atoms with E-state index in [4.69, 9.17) is 0 Å². The maximum atomic E-state index is 11.4. The van der Waals surface area contributed by atoms with Crippen LogP contribution in [-0.4, -0.2) is 40.3 Å². The number of hydrogen-bond donors (Lipinski definition) is 0. The van der Waals surface area contributed by atoms with Crippen molar-refractivity contribution in [2.45, 2.75) is 27.1 Å². The third-order valence-corrected chi connectivity index (χ3v) is 3.72. The molecule has 0 aliphatic carbocycles. The molecule has 1 aromatic carbocycles. The second kappa shape index (κ2) is 5.99. The highest BCUT2D eigenvalue weighted by Gasteiger charge is 2.13. The van der Waals surface area contributed by atoms with Crippen molar-refractivity contribution in [3.63, 3.8) is 0 Å². The van der Waals surface area contributed by atoms with Crippen molar-refractivity contribution in [2.75, 3.05) is 14.1 Å². The number of fused-ring (bicyclic) bond motifs is 1. The number of carbonyl (C=O) groups is 2. The van der Waals surface area contributed by atoms with Gasteiger partial charge in [-0.1, -0.05) is 18.2 Å². The van der Waals surface area contributed by atoms with E-state index >= 15 is 0 Å². The smallest absolute Gasteiger partial charge is 0.220 e. The number of aromatic nitrogens is 1. The molecule has 0 unspecified atom stereocenters. The van der Waals surface area contributed by atoms with E-state index in [0.29, 0.717) is 13.2 Å². The molecule has 1 heterocycles. The molecule has 0 fully saturated rings. The Kier molecular flexibility index (Phi) is 4.31. The molecule has 2 rings (SSSR count). The lowest BCUT2D eigenvalue weighted by molar-refractivity contribution is -0.129. The second-order valence-electron chi connectivity index (χ2n) is 5.37. The average Bonchev–Trinajstić information content (AvgIpc) is 2.77. The lowest BCUT2D eigenvalue weighted by atomic mass is 10.1. The van der Waals surface area contributed by atoms with Gasteiger partial charge in [0.25, 0.3) is 0 Å². The van der Waals surface area contributed by atoms with Crippen molar-refractivity contribution < 1.29 is 9.59 Å². The van der Waals surface area contributed by atoms with Gasteiger partial charge in [0.2, 0.25) is 11.8 Å². The summed E-state index contributed by atoms with van der Waals surface area (Å²) in [5.74, 6) is 0.0582. The van der Waals surface area contributed by atoms with Gasteiger partial charge in [-0.05, 0) is 11.6 Å². The van der Waals surface area contributed by atoms with E-state index in [9.17, 15) is 9.59 Å². The Hall–Kier alpha value is -2.30. The summed E-state index contributed by atoms with van der Waals surface area (Å²) in [7, 11) is 3.56. The van der Waals surface area contributed by atoms with Crippen molar-refractivity contribution >= 4 is 22.7 Å². The van der Waals surface area contributed by atoms with Crippen LogP contribution in [0.3, 0.4) is 0 Å². The van der Waals surface area contributed by atoms with Gasteiger partial charge in [0, 0.05) is 51.6 Å². The first-order chi connectivity index (χ1) is 9.90. The molecule has 0 atom stereocenters. The first-order valence-corrected chi connectivity index (χ1v) is 6.90. The van der Waals surface area contributed by atoms with Gasteiger partial charge in [0.15, 0.2) is 0 Å². The zero-order valence-electron chi connectivity index (χ0n) is 13.0. The zero-order chi connectivity index (χ0) is 15.6. The molecule has 112 valence electrons. The number of rotatable bonds is 4. The fourth-order valence-electron chi connectivity index (χ4n) is 2.26. The number of carbonyl (C=O) groups excluding carboxylic acids is 2. The van der Waals surface area contributed by atoms with Crippen LogP contribution in [0.15, 0.2) is 30.5 Å². The number of amides is 2. The maximum absolute atomic E-state index is 11.4. The molecule has 0 N–H and O–H groups in total. The van der Waals surface area contributed by atoms with Gasteiger partial charge in [-0.2, -0.15) is 0 Å². The summed E-state index contributed by atoms with van der Waals surface area (Å²) in [5, 5.41) is 1.11. The molecule has 0 aliphatic heterocycles. The second-order valence-corrected chi connectivity index (χ2v) is 5.37. The van der Waals surface area contributed by atoms with Crippen molar-refractivity contribution in [1.82, 2.24) is 14.4 Å². The summed E-state index contributed by atoms with van der Waals surface area (Å²) in [4.78, 5) is 26.2. The molecule has 0 saturated heterocycles. The summed E-state index contributed by atoms with van der Waals surface area (Å²) in [6.07, 6.45) is 2.02. The number of nitrogens with zero attached hydrogens (tertiary/aromatic N) is 3. The highest BCUT2D eigenvalue weighted by Crippen LogP contribution is 2.22. The molecule has 21 heavy (non-hydrogen) atoms. The molecular formula is C16H21N3O2. The van der Waals surface area contributed by atoms with Crippen molar-refractivity contribution in [2.24, 2.45) is 0 Å². The third kappa shape index (κ3) is 3.24. The Morgan fingerprint density at radius 2 is 1.67 bits per heavy atom. The summed E-state index contributed by atoms with van der Waals surface area (Å²) in [6, 6.07) is 8.03. The summed E-state index contributed by atoms with van der Waals surface area (Å²) < 4.78 is 2.04. The Labute approximate surface area is 124 Å². The van der Waals surface area contributed by atoms with Gasteiger partial charge >= 0.3 is 0 Å². The van der Waals surface area contributed by atoms with Gasteiger partial charge in [-0.15, -0.1) is 0 Å². The fourth-order valence-corrected chi connectivity index (χ4v) is 2.26. The Balaban J connectivity index is 2.39. The highest BCUT2D eigenvalue weighted by molar-refractivity contribution is 5.84. The van der Waals surface area contributed by atoms with E-state index in [0.717, 1.165) is 16.5 Å². The predicted octanol–water partition coefficient (Wildman–Crippen LogP) is 2.06. The summed E-state index contributed by atoms with van der Waals surface area (Å²) in [5.41, 5.74) is 2.15. The highest BCUT2D eigenvalue weighted by atomic mass is 16.2. The Morgan fingerprint density at radius 1 is 1.05 bits per heavy atom. The minimum absolute atomic E-state index is 0.0233. The summed E-state index contributed by atoms with van der Waals surface area (Å²) in [6.45, 7) is 4.17. The molecule has 5 nitrogen and oxygen atoms in total. The quantitative estimate of drug-likeness (QED) is 0.864. The van der Waals surface area contributed by atoms with Crippen LogP contribution in [0.1, 0.15) is 19.4 Å². The fraction of sp³-hybridized carbons (Fsp3) is 0.375. The minimum atomic E-state index is 0.0233. The molecule has 0 spiro atoms. The molecule has 5 heteroatoms. The normalized spacial score (nSPS) is 10.7. The number of hydrogen-bond acceptors (Lipinski definition) is 2. The van der Waals surface area contributed by atoms with E-state index in [1.807, 2.05) is 35.0 Å². The van der Waals surface area contributed by atoms with E-state index in [-0.39, 0.29) is 11.8 Å². The average molecular weight is 287 g/mol. The standard InChI is InChI=1S/C16H21N3O2/c1-12(20)17(3)9-14-10-19(11-18(4)13(2)21)16-8-6-5-7-15(14)16/h5-8,10H,9,11H2,1-4H3. The Morgan fingerprint density at radius 3 is 2.29 bits per heavy atom. The number of para-hydroxylation sites is 1. The molecule has 0 bridgehead atoms. The van der Waals surface area contributed by atoms with E-state index in [1.54, 1.807) is 37.7 Å². The predicted molar refractivity (Wildman–Crippen MR) is 82.5 cm³/mol. The number of benzene rings is 1. The lowest BCUT2D eigenvalue weighted by Gasteiger charge is -2.16. The molecule has 2 amide bonds. The van der Waals surface area contributed by atoms with E-state index in [1.165, 1.54) is 0 Å². The van der Waals surface area contributed by atoms with E-state index < -0.39 is 0 Å². The monoisotopic (exact) mass is 287 g/mol. The van der Waals surface area contributed by atoms with Crippen LogP contribution < -0.4 is 0 Å².